The van der Waals surface area contributed by atoms with Crippen LogP contribution >= 0.6 is 23.2 Å². The van der Waals surface area contributed by atoms with Crippen molar-refractivity contribution in [1.29, 1.82) is 0 Å². The van der Waals surface area contributed by atoms with Gasteiger partial charge in [-0.15, -0.1) is 0 Å². The Labute approximate surface area is 250 Å². The first kappa shape index (κ1) is 29.5. The number of carbonyl (C=O) groups excluding carboxylic acids is 1. The molecular weight excluding hydrogens is 514 g/mol. The molecule has 7 heteroatoms. The molecule has 0 saturated heterocycles. The summed E-state index contributed by atoms with van der Waals surface area (Å²) in [5.41, 5.74) is 6.73. The molecule has 1 unspecified atom stereocenters. The SMILES string of the molecule is Cc1ccc(Cl)cc1CC(c1ccc(Cl)cc1C)c1c(C(=O)[O-])nn(Cc2ccccc2)c1C(C)C.[Na+]. The van der Waals surface area contributed by atoms with Crippen LogP contribution in [-0.2, 0) is 13.0 Å². The van der Waals surface area contributed by atoms with E-state index in [1.807, 2.05) is 85.3 Å². The summed E-state index contributed by atoms with van der Waals surface area (Å²) in [4.78, 5) is 12.5. The molecule has 4 aromatic rings. The second-order valence-corrected chi connectivity index (χ2v) is 10.4. The topological polar surface area (TPSA) is 57.9 Å². The molecule has 37 heavy (non-hydrogen) atoms. The van der Waals surface area contributed by atoms with Crippen LogP contribution in [0.25, 0.3) is 0 Å². The Morgan fingerprint density at radius 3 is 2.22 bits per heavy atom. The van der Waals surface area contributed by atoms with Crippen LogP contribution in [-0.4, -0.2) is 15.7 Å². The zero-order valence-corrected chi connectivity index (χ0v) is 25.4. The van der Waals surface area contributed by atoms with Crippen molar-refractivity contribution >= 4 is 29.2 Å². The second-order valence-electron chi connectivity index (χ2n) is 9.56. The van der Waals surface area contributed by atoms with E-state index >= 15 is 0 Å². The summed E-state index contributed by atoms with van der Waals surface area (Å²) in [6.45, 7) is 8.65. The number of carbonyl (C=O) groups is 1. The van der Waals surface area contributed by atoms with Gasteiger partial charge in [0.2, 0.25) is 0 Å². The maximum absolute atomic E-state index is 12.5. The van der Waals surface area contributed by atoms with Crippen LogP contribution in [0.2, 0.25) is 10.0 Å². The van der Waals surface area contributed by atoms with E-state index in [1.165, 1.54) is 0 Å². The molecule has 0 amide bonds. The van der Waals surface area contributed by atoms with Crippen LogP contribution < -0.4 is 34.7 Å². The van der Waals surface area contributed by atoms with E-state index < -0.39 is 5.97 Å². The summed E-state index contributed by atoms with van der Waals surface area (Å²) in [6, 6.07) is 21.5. The third-order valence-corrected chi connectivity index (χ3v) is 7.11. The summed E-state index contributed by atoms with van der Waals surface area (Å²) in [5.74, 6) is -1.53. The summed E-state index contributed by atoms with van der Waals surface area (Å²) >= 11 is 12.7. The molecule has 3 aromatic carbocycles. The van der Waals surface area contributed by atoms with E-state index in [4.69, 9.17) is 23.2 Å². The van der Waals surface area contributed by atoms with Gasteiger partial charge in [-0.1, -0.05) is 79.5 Å². The third-order valence-electron chi connectivity index (χ3n) is 6.64. The Balaban J connectivity index is 0.00000380. The van der Waals surface area contributed by atoms with Gasteiger partial charge < -0.3 is 9.90 Å². The number of aromatic carboxylic acids is 1. The molecule has 0 N–H and O–H groups in total. The molecule has 1 aromatic heterocycles. The molecule has 1 atom stereocenters. The van der Waals surface area contributed by atoms with Crippen molar-refractivity contribution in [3.05, 3.63) is 122 Å². The van der Waals surface area contributed by atoms with E-state index in [-0.39, 0.29) is 47.1 Å². The average Bonchev–Trinajstić information content (AvgIpc) is 3.20. The maximum atomic E-state index is 12.5. The number of benzene rings is 3. The van der Waals surface area contributed by atoms with Gasteiger partial charge in [-0.2, -0.15) is 5.10 Å². The van der Waals surface area contributed by atoms with Crippen molar-refractivity contribution in [2.45, 2.75) is 52.5 Å². The fourth-order valence-corrected chi connectivity index (χ4v) is 5.37. The van der Waals surface area contributed by atoms with E-state index in [2.05, 4.69) is 18.9 Å². The third kappa shape index (κ3) is 6.68. The number of aromatic nitrogens is 2. The molecule has 4 rings (SSSR count). The zero-order valence-electron chi connectivity index (χ0n) is 21.9. The Bertz CT molecular complexity index is 1400. The van der Waals surface area contributed by atoms with Crippen LogP contribution in [0.3, 0.4) is 0 Å². The molecule has 0 aliphatic heterocycles. The number of nitrogens with zero attached hydrogens (tertiary/aromatic N) is 2. The number of carboxylic acids is 1. The number of halogens is 2. The van der Waals surface area contributed by atoms with Crippen molar-refractivity contribution in [1.82, 2.24) is 9.78 Å². The molecule has 0 saturated carbocycles. The first-order valence-corrected chi connectivity index (χ1v) is 12.8. The number of aryl methyl sites for hydroxylation is 2. The van der Waals surface area contributed by atoms with Crippen LogP contribution in [0.1, 0.15) is 75.2 Å². The van der Waals surface area contributed by atoms with Gasteiger partial charge in [-0.05, 0) is 78.3 Å². The summed E-state index contributed by atoms with van der Waals surface area (Å²) < 4.78 is 1.82. The minimum absolute atomic E-state index is 0. The fraction of sp³-hybridized carbons (Fsp3) is 0.267. The number of hydrogen-bond acceptors (Lipinski definition) is 3. The van der Waals surface area contributed by atoms with E-state index in [0.717, 1.165) is 33.5 Å². The van der Waals surface area contributed by atoms with Gasteiger partial charge in [0.25, 0.3) is 0 Å². The number of hydrogen-bond donors (Lipinski definition) is 0. The van der Waals surface area contributed by atoms with E-state index in [0.29, 0.717) is 28.6 Å². The number of carboxylic acid groups (broad SMARTS) is 1. The molecule has 0 aliphatic rings. The molecular formula is C30H29Cl2N2NaO2. The minimum Gasteiger partial charge on any atom is -0.543 e. The predicted octanol–water partition coefficient (Wildman–Crippen LogP) is 3.72. The van der Waals surface area contributed by atoms with Crippen molar-refractivity contribution in [3.8, 4) is 0 Å². The number of rotatable bonds is 8. The van der Waals surface area contributed by atoms with Gasteiger partial charge >= 0.3 is 29.6 Å². The van der Waals surface area contributed by atoms with Crippen LogP contribution in [0.5, 0.6) is 0 Å². The maximum Gasteiger partial charge on any atom is 1.00 e. The zero-order chi connectivity index (χ0) is 26.0. The molecule has 4 nitrogen and oxygen atoms in total. The largest absolute Gasteiger partial charge is 1.00 e. The monoisotopic (exact) mass is 542 g/mol. The van der Waals surface area contributed by atoms with Crippen molar-refractivity contribution in [2.75, 3.05) is 0 Å². The molecule has 0 fully saturated rings. The Kier molecular flexibility index (Phi) is 10.1. The van der Waals surface area contributed by atoms with Gasteiger partial charge in [0, 0.05) is 27.2 Å². The Morgan fingerprint density at radius 1 is 0.946 bits per heavy atom. The summed E-state index contributed by atoms with van der Waals surface area (Å²) in [5, 5.41) is 18.4. The second kappa shape index (κ2) is 12.6. The van der Waals surface area contributed by atoms with Gasteiger partial charge in [-0.25, -0.2) is 0 Å². The van der Waals surface area contributed by atoms with Gasteiger partial charge in [0.05, 0.1) is 12.5 Å². The standard InChI is InChI=1S/C30H30Cl2N2O2.Na/c1-18(2)29-27(28(30(35)36)33-34(29)17-21-8-6-5-7-9-21)26(25-13-12-23(31)14-20(25)4)16-22-15-24(32)11-10-19(22)3;/h5-15,18,26H,16-17H2,1-4H3,(H,35,36);/q;+1/p-1. The normalized spacial score (nSPS) is 11.9. The smallest absolute Gasteiger partial charge is 0.543 e. The summed E-state index contributed by atoms with van der Waals surface area (Å²) in [6.07, 6.45) is 0.561. The minimum atomic E-state index is -1.28. The van der Waals surface area contributed by atoms with Crippen molar-refractivity contribution in [3.63, 3.8) is 0 Å². The van der Waals surface area contributed by atoms with Crippen LogP contribution in [0.15, 0.2) is 66.7 Å². The van der Waals surface area contributed by atoms with E-state index in [9.17, 15) is 9.90 Å². The van der Waals surface area contributed by atoms with Crippen LogP contribution in [0.4, 0.5) is 0 Å². The first-order chi connectivity index (χ1) is 17.2. The molecule has 0 spiro atoms. The fourth-order valence-electron chi connectivity index (χ4n) is 4.95. The quantitative estimate of drug-likeness (QED) is 0.319. The van der Waals surface area contributed by atoms with Gasteiger partial charge in [-0.3, -0.25) is 4.68 Å². The van der Waals surface area contributed by atoms with Gasteiger partial charge in [0.15, 0.2) is 0 Å². The summed E-state index contributed by atoms with van der Waals surface area (Å²) in [7, 11) is 0. The predicted molar refractivity (Wildman–Crippen MR) is 144 cm³/mol. The first-order valence-electron chi connectivity index (χ1n) is 12.0. The average molecular weight is 543 g/mol. The molecule has 186 valence electrons. The molecule has 0 radical (unpaired) electrons. The Hall–Kier alpha value is -2.08. The van der Waals surface area contributed by atoms with E-state index in [1.54, 1.807) is 0 Å². The molecule has 0 aliphatic carbocycles. The Morgan fingerprint density at radius 2 is 1.59 bits per heavy atom. The van der Waals surface area contributed by atoms with Crippen molar-refractivity contribution in [2.24, 2.45) is 0 Å². The molecule has 0 bridgehead atoms. The van der Waals surface area contributed by atoms with Gasteiger partial charge in [0.1, 0.15) is 5.69 Å². The van der Waals surface area contributed by atoms with Crippen molar-refractivity contribution < 1.29 is 39.5 Å². The molecule has 1 heterocycles. The van der Waals surface area contributed by atoms with Crippen LogP contribution in [0, 0.1) is 13.8 Å².